The molecule has 1 atom stereocenters. The Morgan fingerprint density at radius 1 is 1.22 bits per heavy atom. The fourth-order valence-corrected chi connectivity index (χ4v) is 1.93. The molecule has 0 radical (unpaired) electrons. The number of likely N-dealkylation sites (N-methyl/N-ethyl adjacent to an activating group) is 1. The summed E-state index contributed by atoms with van der Waals surface area (Å²) >= 11 is 0. The molecule has 2 aromatic carbocycles. The van der Waals surface area contributed by atoms with E-state index in [9.17, 15) is 4.79 Å². The van der Waals surface area contributed by atoms with Crippen molar-refractivity contribution < 1.29 is 9.53 Å². The number of carbonyl (C=O) groups is 1. The van der Waals surface area contributed by atoms with Crippen LogP contribution in [-0.4, -0.2) is 19.1 Å². The van der Waals surface area contributed by atoms with E-state index in [2.05, 4.69) is 5.32 Å². The van der Waals surface area contributed by atoms with Gasteiger partial charge in [-0.3, -0.25) is 4.79 Å². The quantitative estimate of drug-likeness (QED) is 0.896. The van der Waals surface area contributed by atoms with Gasteiger partial charge in [0.2, 0.25) is 0 Å². The molecule has 0 aliphatic heterocycles. The van der Waals surface area contributed by atoms with Gasteiger partial charge in [0, 0.05) is 12.4 Å². The molecule has 2 rings (SSSR count). The van der Waals surface area contributed by atoms with Crippen molar-refractivity contribution in [1.82, 2.24) is 5.32 Å². The van der Waals surface area contributed by atoms with Gasteiger partial charge >= 0.3 is 0 Å². The van der Waals surface area contributed by atoms with Crippen LogP contribution in [0.1, 0.15) is 13.3 Å². The third-order valence-corrected chi connectivity index (χ3v) is 2.93. The van der Waals surface area contributed by atoms with Gasteiger partial charge in [-0.2, -0.15) is 0 Å². The minimum absolute atomic E-state index is 0.0922. The number of fused-ring (bicyclic) bond motifs is 1. The van der Waals surface area contributed by atoms with Crippen LogP contribution in [-0.2, 0) is 4.79 Å². The Balaban J connectivity index is 2.33. The number of hydrogen-bond acceptors (Lipinski definition) is 2. The Hall–Kier alpha value is -2.03. The molecule has 0 spiro atoms. The zero-order valence-electron chi connectivity index (χ0n) is 10.6. The molecular formula is C15H17NO2. The van der Waals surface area contributed by atoms with Crippen molar-refractivity contribution in [2.24, 2.45) is 0 Å². The van der Waals surface area contributed by atoms with Gasteiger partial charge < -0.3 is 10.1 Å². The predicted molar refractivity (Wildman–Crippen MR) is 72.7 cm³/mol. The monoisotopic (exact) mass is 243 g/mol. The van der Waals surface area contributed by atoms with E-state index in [-0.39, 0.29) is 5.91 Å². The third-order valence-electron chi connectivity index (χ3n) is 2.93. The van der Waals surface area contributed by atoms with Crippen molar-refractivity contribution in [3.05, 3.63) is 42.5 Å². The average molecular weight is 243 g/mol. The summed E-state index contributed by atoms with van der Waals surface area (Å²) < 4.78 is 5.82. The Bertz CT molecular complexity index is 546. The standard InChI is InChI=1S/C15H17NO2/c1-3-13(15(17)16-2)18-14-10-6-8-11-7-4-5-9-12(11)14/h4-10,13H,3H2,1-2H3,(H,16,17). The lowest BCUT2D eigenvalue weighted by Gasteiger charge is -2.17. The molecule has 1 unspecified atom stereocenters. The number of nitrogens with one attached hydrogen (secondary N) is 1. The highest BCUT2D eigenvalue weighted by atomic mass is 16.5. The van der Waals surface area contributed by atoms with Crippen LogP contribution in [0, 0.1) is 0 Å². The SMILES string of the molecule is CCC(Oc1cccc2ccccc12)C(=O)NC. The highest BCUT2D eigenvalue weighted by molar-refractivity contribution is 5.89. The molecule has 0 saturated heterocycles. The molecule has 18 heavy (non-hydrogen) atoms. The van der Waals surface area contributed by atoms with Crippen LogP contribution in [0.15, 0.2) is 42.5 Å². The number of rotatable bonds is 4. The molecular weight excluding hydrogens is 226 g/mol. The van der Waals surface area contributed by atoms with Crippen molar-refractivity contribution >= 4 is 16.7 Å². The van der Waals surface area contributed by atoms with E-state index < -0.39 is 6.10 Å². The van der Waals surface area contributed by atoms with Crippen LogP contribution in [0.25, 0.3) is 10.8 Å². The third kappa shape index (κ3) is 2.45. The van der Waals surface area contributed by atoms with Crippen LogP contribution >= 0.6 is 0 Å². The van der Waals surface area contributed by atoms with Crippen LogP contribution < -0.4 is 10.1 Å². The van der Waals surface area contributed by atoms with E-state index in [1.165, 1.54) is 0 Å². The first kappa shape index (κ1) is 12.4. The van der Waals surface area contributed by atoms with Gasteiger partial charge in [-0.05, 0) is 17.9 Å². The van der Waals surface area contributed by atoms with Crippen molar-refractivity contribution in [3.8, 4) is 5.75 Å². The maximum absolute atomic E-state index is 11.6. The van der Waals surface area contributed by atoms with E-state index >= 15 is 0 Å². The minimum atomic E-state index is -0.444. The lowest BCUT2D eigenvalue weighted by Crippen LogP contribution is -2.35. The molecule has 1 N–H and O–H groups in total. The topological polar surface area (TPSA) is 38.3 Å². The molecule has 0 aromatic heterocycles. The Kier molecular flexibility index (Phi) is 3.82. The molecule has 94 valence electrons. The van der Waals surface area contributed by atoms with Gasteiger partial charge in [-0.15, -0.1) is 0 Å². The normalized spacial score (nSPS) is 12.1. The second-order valence-electron chi connectivity index (χ2n) is 4.11. The number of benzene rings is 2. The maximum atomic E-state index is 11.6. The van der Waals surface area contributed by atoms with E-state index in [1.807, 2.05) is 49.4 Å². The Morgan fingerprint density at radius 3 is 2.67 bits per heavy atom. The number of amides is 1. The molecule has 1 amide bonds. The summed E-state index contributed by atoms with van der Waals surface area (Å²) in [6, 6.07) is 13.9. The number of hydrogen-bond donors (Lipinski definition) is 1. The van der Waals surface area contributed by atoms with Crippen molar-refractivity contribution in [3.63, 3.8) is 0 Å². The van der Waals surface area contributed by atoms with Gasteiger partial charge in [-0.25, -0.2) is 0 Å². The van der Waals surface area contributed by atoms with Gasteiger partial charge in [0.25, 0.3) is 5.91 Å². The summed E-state index contributed by atoms with van der Waals surface area (Å²) in [5.74, 6) is 0.661. The summed E-state index contributed by atoms with van der Waals surface area (Å²) in [4.78, 5) is 11.6. The molecule has 0 fully saturated rings. The van der Waals surface area contributed by atoms with Gasteiger partial charge in [-0.1, -0.05) is 43.3 Å². The molecule has 0 aliphatic rings. The average Bonchev–Trinajstić information content (AvgIpc) is 2.44. The van der Waals surface area contributed by atoms with Crippen molar-refractivity contribution in [2.45, 2.75) is 19.4 Å². The molecule has 0 heterocycles. The fraction of sp³-hybridized carbons (Fsp3) is 0.267. The molecule has 0 saturated carbocycles. The zero-order chi connectivity index (χ0) is 13.0. The van der Waals surface area contributed by atoms with E-state index in [4.69, 9.17) is 4.74 Å². The Morgan fingerprint density at radius 2 is 1.94 bits per heavy atom. The van der Waals surface area contributed by atoms with Gasteiger partial charge in [0.15, 0.2) is 6.10 Å². The highest BCUT2D eigenvalue weighted by Crippen LogP contribution is 2.26. The number of carbonyl (C=O) groups excluding carboxylic acids is 1. The molecule has 3 nitrogen and oxygen atoms in total. The fourth-order valence-electron chi connectivity index (χ4n) is 1.93. The lowest BCUT2D eigenvalue weighted by molar-refractivity contribution is -0.127. The van der Waals surface area contributed by atoms with Crippen molar-refractivity contribution in [1.29, 1.82) is 0 Å². The largest absolute Gasteiger partial charge is 0.480 e. The summed E-state index contributed by atoms with van der Waals surface area (Å²) in [5.41, 5.74) is 0. The molecule has 2 aromatic rings. The van der Waals surface area contributed by atoms with Gasteiger partial charge in [0.05, 0.1) is 0 Å². The summed E-state index contributed by atoms with van der Waals surface area (Å²) in [7, 11) is 1.62. The molecule has 0 bridgehead atoms. The van der Waals surface area contributed by atoms with E-state index in [0.29, 0.717) is 6.42 Å². The van der Waals surface area contributed by atoms with Gasteiger partial charge in [0.1, 0.15) is 5.75 Å². The first-order chi connectivity index (χ1) is 8.76. The van der Waals surface area contributed by atoms with Crippen LogP contribution in [0.3, 0.4) is 0 Å². The smallest absolute Gasteiger partial charge is 0.260 e. The second-order valence-corrected chi connectivity index (χ2v) is 4.11. The zero-order valence-corrected chi connectivity index (χ0v) is 10.6. The van der Waals surface area contributed by atoms with Crippen LogP contribution in [0.4, 0.5) is 0 Å². The second kappa shape index (κ2) is 5.54. The van der Waals surface area contributed by atoms with Crippen LogP contribution in [0.2, 0.25) is 0 Å². The summed E-state index contributed by atoms with van der Waals surface area (Å²) in [6.45, 7) is 1.94. The summed E-state index contributed by atoms with van der Waals surface area (Å²) in [5, 5.41) is 4.76. The molecule has 3 heteroatoms. The maximum Gasteiger partial charge on any atom is 0.260 e. The first-order valence-electron chi connectivity index (χ1n) is 6.12. The number of ether oxygens (including phenoxy) is 1. The van der Waals surface area contributed by atoms with E-state index in [0.717, 1.165) is 16.5 Å². The molecule has 0 aliphatic carbocycles. The highest BCUT2D eigenvalue weighted by Gasteiger charge is 2.17. The van der Waals surface area contributed by atoms with Crippen molar-refractivity contribution in [2.75, 3.05) is 7.05 Å². The lowest BCUT2D eigenvalue weighted by atomic mass is 10.1. The first-order valence-corrected chi connectivity index (χ1v) is 6.12. The van der Waals surface area contributed by atoms with Crippen LogP contribution in [0.5, 0.6) is 5.75 Å². The minimum Gasteiger partial charge on any atom is -0.480 e. The van der Waals surface area contributed by atoms with E-state index in [1.54, 1.807) is 7.05 Å². The Labute approximate surface area is 107 Å². The predicted octanol–water partition coefficient (Wildman–Crippen LogP) is 2.74. The summed E-state index contributed by atoms with van der Waals surface area (Å²) in [6.07, 6.45) is 0.198.